The van der Waals surface area contributed by atoms with Crippen molar-refractivity contribution in [2.75, 3.05) is 0 Å². The lowest BCUT2D eigenvalue weighted by molar-refractivity contribution is 0.0378. The molecule has 3 rings (SSSR count). The first-order valence-electron chi connectivity index (χ1n) is 8.07. The zero-order valence-corrected chi connectivity index (χ0v) is 16.1. The molecule has 3 aromatic rings. The van der Waals surface area contributed by atoms with E-state index in [1.54, 1.807) is 63.2 Å². The summed E-state index contributed by atoms with van der Waals surface area (Å²) < 4.78 is 17.2. The van der Waals surface area contributed by atoms with Crippen LogP contribution in [0.25, 0.3) is 11.0 Å². The molecule has 0 atom stereocenters. The van der Waals surface area contributed by atoms with Crippen LogP contribution in [-0.4, -0.2) is 18.0 Å². The van der Waals surface area contributed by atoms with Crippen LogP contribution in [0.5, 0.6) is 5.75 Å². The summed E-state index contributed by atoms with van der Waals surface area (Å²) in [5.41, 5.74) is 1.30. The maximum atomic E-state index is 12.3. The van der Waals surface area contributed by atoms with Crippen LogP contribution in [0.2, 0.25) is 0 Å². The number of hydrogen-bond acceptors (Lipinski definition) is 5. The minimum Gasteiger partial charge on any atom is -0.460 e. The highest BCUT2D eigenvalue weighted by atomic mass is 79.9. The van der Waals surface area contributed by atoms with Crippen molar-refractivity contribution >= 4 is 38.8 Å². The lowest BCUT2D eigenvalue weighted by Gasteiger charge is -2.08. The summed E-state index contributed by atoms with van der Waals surface area (Å²) in [6.45, 7) is 5.26. The maximum absolute atomic E-state index is 12.3. The first-order valence-corrected chi connectivity index (χ1v) is 8.86. The second-order valence-corrected chi connectivity index (χ2v) is 6.96. The van der Waals surface area contributed by atoms with Gasteiger partial charge in [0.25, 0.3) is 0 Å². The molecule has 0 saturated heterocycles. The summed E-state index contributed by atoms with van der Waals surface area (Å²) in [7, 11) is 0. The molecule has 1 aromatic heterocycles. The van der Waals surface area contributed by atoms with Gasteiger partial charge < -0.3 is 13.9 Å². The van der Waals surface area contributed by atoms with Gasteiger partial charge in [0.2, 0.25) is 0 Å². The molecule has 0 aliphatic rings. The number of ether oxygens (including phenoxy) is 2. The van der Waals surface area contributed by atoms with Crippen LogP contribution in [0.1, 0.15) is 40.3 Å². The van der Waals surface area contributed by atoms with E-state index in [2.05, 4.69) is 15.9 Å². The Morgan fingerprint density at radius 1 is 1.04 bits per heavy atom. The molecular weight excluding hydrogens is 400 g/mol. The average Bonchev–Trinajstić information content (AvgIpc) is 2.90. The SMILES string of the molecule is Cc1oc2ccc(OC(=O)c3ccc(Br)cc3)cc2c1C(=O)OC(C)C. The first-order chi connectivity index (χ1) is 12.3. The van der Waals surface area contributed by atoms with E-state index in [9.17, 15) is 9.59 Å². The second-order valence-electron chi connectivity index (χ2n) is 6.04. The number of halogens is 1. The Labute approximate surface area is 159 Å². The summed E-state index contributed by atoms with van der Waals surface area (Å²) in [5, 5.41) is 0.550. The molecule has 0 aliphatic heterocycles. The predicted molar refractivity (Wildman–Crippen MR) is 101 cm³/mol. The molecule has 5 nitrogen and oxygen atoms in total. The quantitative estimate of drug-likeness (QED) is 0.427. The number of benzene rings is 2. The lowest BCUT2D eigenvalue weighted by atomic mass is 10.1. The van der Waals surface area contributed by atoms with Crippen LogP contribution in [0.3, 0.4) is 0 Å². The molecule has 26 heavy (non-hydrogen) atoms. The largest absolute Gasteiger partial charge is 0.460 e. The molecular formula is C20H17BrO5. The fraction of sp³-hybridized carbons (Fsp3) is 0.200. The molecule has 2 aromatic carbocycles. The van der Waals surface area contributed by atoms with Gasteiger partial charge >= 0.3 is 11.9 Å². The van der Waals surface area contributed by atoms with Gasteiger partial charge in [-0.05, 0) is 63.2 Å². The third-order valence-corrected chi connectivity index (χ3v) is 4.20. The van der Waals surface area contributed by atoms with E-state index < -0.39 is 11.9 Å². The van der Waals surface area contributed by atoms with Gasteiger partial charge in [0, 0.05) is 9.86 Å². The van der Waals surface area contributed by atoms with Gasteiger partial charge in [0.05, 0.1) is 11.7 Å². The lowest BCUT2D eigenvalue weighted by Crippen LogP contribution is -2.12. The van der Waals surface area contributed by atoms with E-state index in [1.807, 2.05) is 0 Å². The van der Waals surface area contributed by atoms with E-state index in [0.29, 0.717) is 33.6 Å². The van der Waals surface area contributed by atoms with Crippen molar-refractivity contribution in [3.8, 4) is 5.75 Å². The highest BCUT2D eigenvalue weighted by molar-refractivity contribution is 9.10. The normalized spacial score (nSPS) is 11.0. The zero-order valence-electron chi connectivity index (χ0n) is 14.5. The van der Waals surface area contributed by atoms with Crippen molar-refractivity contribution in [2.45, 2.75) is 26.9 Å². The number of fused-ring (bicyclic) bond motifs is 1. The summed E-state index contributed by atoms with van der Waals surface area (Å²) in [6, 6.07) is 11.8. The molecule has 0 radical (unpaired) electrons. The van der Waals surface area contributed by atoms with E-state index in [0.717, 1.165) is 4.47 Å². The number of aryl methyl sites for hydroxylation is 1. The van der Waals surface area contributed by atoms with Crippen molar-refractivity contribution < 1.29 is 23.5 Å². The molecule has 0 bridgehead atoms. The summed E-state index contributed by atoms with van der Waals surface area (Å²) in [5.74, 6) is -0.164. The third kappa shape index (κ3) is 3.80. The molecule has 0 fully saturated rings. The number of carbonyl (C=O) groups is 2. The second kappa shape index (κ2) is 7.33. The number of esters is 2. The van der Waals surface area contributed by atoms with Gasteiger partial charge in [0.15, 0.2) is 0 Å². The summed E-state index contributed by atoms with van der Waals surface area (Å²) in [4.78, 5) is 24.6. The van der Waals surface area contributed by atoms with Crippen molar-refractivity contribution in [3.63, 3.8) is 0 Å². The topological polar surface area (TPSA) is 65.7 Å². The van der Waals surface area contributed by atoms with E-state index >= 15 is 0 Å². The first kappa shape index (κ1) is 18.2. The molecule has 0 saturated carbocycles. The fourth-order valence-corrected chi connectivity index (χ4v) is 2.81. The summed E-state index contributed by atoms with van der Waals surface area (Å²) in [6.07, 6.45) is -0.245. The monoisotopic (exact) mass is 416 g/mol. The fourth-order valence-electron chi connectivity index (χ4n) is 2.54. The Bertz CT molecular complexity index is 970. The van der Waals surface area contributed by atoms with Gasteiger partial charge in [-0.3, -0.25) is 0 Å². The Kier molecular flexibility index (Phi) is 5.13. The van der Waals surface area contributed by atoms with Crippen molar-refractivity contribution in [1.29, 1.82) is 0 Å². The smallest absolute Gasteiger partial charge is 0.343 e. The molecule has 0 aliphatic carbocycles. The van der Waals surface area contributed by atoms with Crippen LogP contribution in [0.15, 0.2) is 51.4 Å². The molecule has 0 amide bonds. The van der Waals surface area contributed by atoms with Crippen LogP contribution >= 0.6 is 15.9 Å². The van der Waals surface area contributed by atoms with Gasteiger partial charge in [-0.15, -0.1) is 0 Å². The number of rotatable bonds is 4. The minimum atomic E-state index is -0.483. The van der Waals surface area contributed by atoms with Crippen molar-refractivity contribution in [3.05, 3.63) is 63.8 Å². The van der Waals surface area contributed by atoms with Gasteiger partial charge in [-0.2, -0.15) is 0 Å². The highest BCUT2D eigenvalue weighted by Crippen LogP contribution is 2.30. The zero-order chi connectivity index (χ0) is 18.8. The average molecular weight is 417 g/mol. The standard InChI is InChI=1S/C20H17BrO5/c1-11(2)24-20(23)18-12(3)25-17-9-8-15(10-16(17)18)26-19(22)13-4-6-14(21)7-5-13/h4-11H,1-3H3. The van der Waals surface area contributed by atoms with Gasteiger partial charge in [-0.1, -0.05) is 15.9 Å². The Morgan fingerprint density at radius 2 is 1.73 bits per heavy atom. The van der Waals surface area contributed by atoms with Crippen molar-refractivity contribution in [2.24, 2.45) is 0 Å². The van der Waals surface area contributed by atoms with Gasteiger partial charge in [0.1, 0.15) is 22.7 Å². The van der Waals surface area contributed by atoms with E-state index in [-0.39, 0.29) is 6.10 Å². The number of furan rings is 1. The number of hydrogen-bond donors (Lipinski definition) is 0. The maximum Gasteiger partial charge on any atom is 0.343 e. The van der Waals surface area contributed by atoms with Crippen LogP contribution < -0.4 is 4.74 Å². The van der Waals surface area contributed by atoms with Crippen LogP contribution in [0, 0.1) is 6.92 Å². The molecule has 0 unspecified atom stereocenters. The number of carbonyl (C=O) groups excluding carboxylic acids is 2. The highest BCUT2D eigenvalue weighted by Gasteiger charge is 2.21. The molecule has 134 valence electrons. The minimum absolute atomic E-state index is 0.245. The molecule has 6 heteroatoms. The predicted octanol–water partition coefficient (Wildman–Crippen LogP) is 5.29. The third-order valence-electron chi connectivity index (χ3n) is 3.67. The van der Waals surface area contributed by atoms with Crippen LogP contribution in [0.4, 0.5) is 0 Å². The van der Waals surface area contributed by atoms with E-state index in [1.165, 1.54) is 0 Å². The Balaban J connectivity index is 1.92. The Morgan fingerprint density at radius 3 is 2.38 bits per heavy atom. The van der Waals surface area contributed by atoms with Crippen molar-refractivity contribution in [1.82, 2.24) is 0 Å². The Hall–Kier alpha value is -2.60. The molecule has 0 spiro atoms. The summed E-state index contributed by atoms with van der Waals surface area (Å²) >= 11 is 3.32. The molecule has 1 heterocycles. The molecule has 0 N–H and O–H groups in total. The van der Waals surface area contributed by atoms with E-state index in [4.69, 9.17) is 13.9 Å². The van der Waals surface area contributed by atoms with Gasteiger partial charge in [-0.25, -0.2) is 9.59 Å². The van der Waals surface area contributed by atoms with Crippen LogP contribution in [-0.2, 0) is 4.74 Å².